The van der Waals surface area contributed by atoms with E-state index in [1.165, 1.54) is 29.4 Å². The maximum atomic E-state index is 5.52. The Balaban J connectivity index is 2.32. The fraction of sp³-hybridized carbons (Fsp3) is 0.500. The molecule has 0 unspecified atom stereocenters. The van der Waals surface area contributed by atoms with Gasteiger partial charge in [-0.25, -0.2) is 0 Å². The first-order valence-electron chi connectivity index (χ1n) is 6.22. The van der Waals surface area contributed by atoms with Gasteiger partial charge in [-0.2, -0.15) is 0 Å². The Labute approximate surface area is 107 Å². The molecular formula is C14H18N2S. The molecule has 0 spiro atoms. The first kappa shape index (κ1) is 11.0. The van der Waals surface area contributed by atoms with E-state index in [9.17, 15) is 0 Å². The van der Waals surface area contributed by atoms with Gasteiger partial charge in [-0.05, 0) is 63.4 Å². The van der Waals surface area contributed by atoms with Gasteiger partial charge in [-0.15, -0.1) is 0 Å². The van der Waals surface area contributed by atoms with Gasteiger partial charge in [0.15, 0.2) is 4.77 Å². The summed E-state index contributed by atoms with van der Waals surface area (Å²) >= 11 is 5.52. The first-order valence-corrected chi connectivity index (χ1v) is 6.63. The molecule has 2 nitrogen and oxygen atoms in total. The molecular weight excluding hydrogens is 228 g/mol. The average molecular weight is 246 g/mol. The van der Waals surface area contributed by atoms with Crippen molar-refractivity contribution >= 4 is 23.3 Å². The lowest BCUT2D eigenvalue weighted by Crippen LogP contribution is -2.28. The minimum Gasteiger partial charge on any atom is -0.330 e. The van der Waals surface area contributed by atoms with Gasteiger partial charge in [-0.1, -0.05) is 12.1 Å². The van der Waals surface area contributed by atoms with E-state index in [-0.39, 0.29) is 5.54 Å². The summed E-state index contributed by atoms with van der Waals surface area (Å²) < 4.78 is 3.16. The number of nitrogens with one attached hydrogen (secondary N) is 1. The number of imidazole rings is 1. The molecule has 3 rings (SSSR count). The number of para-hydroxylation sites is 1. The zero-order chi connectivity index (χ0) is 12.2. The lowest BCUT2D eigenvalue weighted by Gasteiger charge is -2.27. The number of hydrogen-bond donors (Lipinski definition) is 1. The van der Waals surface area contributed by atoms with E-state index in [4.69, 9.17) is 12.2 Å². The zero-order valence-electron chi connectivity index (χ0n) is 10.6. The number of aromatic amines is 1. The van der Waals surface area contributed by atoms with Crippen LogP contribution >= 0.6 is 12.2 Å². The van der Waals surface area contributed by atoms with E-state index in [0.29, 0.717) is 0 Å². The second kappa shape index (κ2) is 3.45. The van der Waals surface area contributed by atoms with Crippen LogP contribution in [0.1, 0.15) is 32.3 Å². The van der Waals surface area contributed by atoms with Crippen LogP contribution in [0, 0.1) is 17.6 Å². The fourth-order valence-electron chi connectivity index (χ4n) is 2.82. The van der Waals surface area contributed by atoms with E-state index in [1.54, 1.807) is 0 Å². The number of aromatic nitrogens is 2. The van der Waals surface area contributed by atoms with Crippen molar-refractivity contribution in [3.63, 3.8) is 0 Å². The smallest absolute Gasteiger partial charge is 0.178 e. The predicted molar refractivity (Wildman–Crippen MR) is 73.9 cm³/mol. The van der Waals surface area contributed by atoms with E-state index < -0.39 is 0 Å². The molecule has 17 heavy (non-hydrogen) atoms. The summed E-state index contributed by atoms with van der Waals surface area (Å²) in [6, 6.07) is 6.40. The van der Waals surface area contributed by atoms with Crippen molar-refractivity contribution < 1.29 is 0 Å². The first-order chi connectivity index (χ1) is 8.01. The third kappa shape index (κ3) is 1.56. The summed E-state index contributed by atoms with van der Waals surface area (Å²) in [5, 5.41) is 0. The standard InChI is InChI=1S/C14H18N2S/c1-9-5-4-6-11-12(9)15-13(17)16(11)14(2,3)10-7-8-10/h4-6,10H,7-8H2,1-3H3,(H,15,17). The van der Waals surface area contributed by atoms with Crippen molar-refractivity contribution in [3.8, 4) is 0 Å². The van der Waals surface area contributed by atoms with Crippen LogP contribution < -0.4 is 0 Å². The molecule has 1 aliphatic carbocycles. The normalized spacial score (nSPS) is 16.6. The van der Waals surface area contributed by atoms with Gasteiger partial charge in [-0.3, -0.25) is 0 Å². The van der Waals surface area contributed by atoms with Gasteiger partial charge >= 0.3 is 0 Å². The highest BCUT2D eigenvalue weighted by Gasteiger charge is 2.40. The zero-order valence-corrected chi connectivity index (χ0v) is 11.4. The topological polar surface area (TPSA) is 20.7 Å². The lowest BCUT2D eigenvalue weighted by atomic mass is 9.98. The van der Waals surface area contributed by atoms with Crippen molar-refractivity contribution in [1.29, 1.82) is 0 Å². The molecule has 1 fully saturated rings. The quantitative estimate of drug-likeness (QED) is 0.789. The predicted octanol–water partition coefficient (Wildman–Crippen LogP) is 4.15. The Morgan fingerprint density at radius 3 is 2.71 bits per heavy atom. The van der Waals surface area contributed by atoms with Crippen LogP contribution in [0.5, 0.6) is 0 Å². The molecule has 0 aliphatic heterocycles. The summed E-state index contributed by atoms with van der Waals surface area (Å²) in [6.45, 7) is 6.73. The van der Waals surface area contributed by atoms with Crippen LogP contribution in [0.2, 0.25) is 0 Å². The van der Waals surface area contributed by atoms with Gasteiger partial charge < -0.3 is 9.55 Å². The van der Waals surface area contributed by atoms with Crippen molar-refractivity contribution in [2.75, 3.05) is 0 Å². The Morgan fingerprint density at radius 1 is 1.35 bits per heavy atom. The molecule has 2 aromatic rings. The second-order valence-corrected chi connectivity index (χ2v) is 6.05. The van der Waals surface area contributed by atoms with Crippen molar-refractivity contribution in [1.82, 2.24) is 9.55 Å². The number of benzene rings is 1. The summed E-state index contributed by atoms with van der Waals surface area (Å²) in [4.78, 5) is 3.36. The van der Waals surface area contributed by atoms with Crippen LogP contribution in [-0.4, -0.2) is 9.55 Å². The van der Waals surface area contributed by atoms with E-state index in [0.717, 1.165) is 10.7 Å². The second-order valence-electron chi connectivity index (χ2n) is 5.66. The highest BCUT2D eigenvalue weighted by Crippen LogP contribution is 2.45. The van der Waals surface area contributed by atoms with E-state index in [1.807, 2.05) is 0 Å². The maximum Gasteiger partial charge on any atom is 0.178 e. The number of nitrogens with zero attached hydrogens (tertiary/aromatic N) is 1. The van der Waals surface area contributed by atoms with Gasteiger partial charge in [0.05, 0.1) is 11.0 Å². The molecule has 90 valence electrons. The minimum atomic E-state index is 0.128. The van der Waals surface area contributed by atoms with E-state index in [2.05, 4.69) is 48.5 Å². The summed E-state index contributed by atoms with van der Waals surface area (Å²) in [7, 11) is 0. The lowest BCUT2D eigenvalue weighted by molar-refractivity contribution is 0.310. The van der Waals surface area contributed by atoms with Crippen molar-refractivity contribution in [2.45, 2.75) is 39.2 Å². The van der Waals surface area contributed by atoms with Gasteiger partial charge in [0.2, 0.25) is 0 Å². The SMILES string of the molecule is Cc1cccc2c1[nH]c(=S)n2C(C)(C)C1CC1. The largest absolute Gasteiger partial charge is 0.330 e. The Hall–Kier alpha value is -1.09. The Kier molecular flexibility index (Phi) is 2.24. The molecule has 1 saturated carbocycles. The molecule has 1 heterocycles. The third-order valence-corrected chi connectivity index (χ3v) is 4.36. The fourth-order valence-corrected chi connectivity index (χ4v) is 3.25. The van der Waals surface area contributed by atoms with Gasteiger partial charge in [0.25, 0.3) is 0 Å². The monoisotopic (exact) mass is 246 g/mol. The molecule has 1 aliphatic rings. The van der Waals surface area contributed by atoms with Gasteiger partial charge in [0.1, 0.15) is 0 Å². The van der Waals surface area contributed by atoms with Crippen LogP contribution in [0.3, 0.4) is 0 Å². The van der Waals surface area contributed by atoms with Crippen molar-refractivity contribution in [2.24, 2.45) is 5.92 Å². The molecule has 0 atom stereocenters. The number of fused-ring (bicyclic) bond motifs is 1. The van der Waals surface area contributed by atoms with Crippen LogP contribution in [0.25, 0.3) is 11.0 Å². The van der Waals surface area contributed by atoms with E-state index >= 15 is 0 Å². The number of H-pyrrole nitrogens is 1. The molecule has 0 radical (unpaired) electrons. The van der Waals surface area contributed by atoms with Crippen LogP contribution in [0.15, 0.2) is 18.2 Å². The number of rotatable bonds is 2. The summed E-state index contributed by atoms with van der Waals surface area (Å²) in [5.74, 6) is 0.772. The molecule has 1 aromatic carbocycles. The third-order valence-electron chi connectivity index (χ3n) is 4.08. The molecule has 3 heteroatoms. The summed E-state index contributed by atoms with van der Waals surface area (Å²) in [5.41, 5.74) is 3.82. The average Bonchev–Trinajstić information content (AvgIpc) is 3.03. The number of aryl methyl sites for hydroxylation is 1. The molecule has 1 N–H and O–H groups in total. The van der Waals surface area contributed by atoms with Crippen molar-refractivity contribution in [3.05, 3.63) is 28.5 Å². The highest BCUT2D eigenvalue weighted by atomic mass is 32.1. The molecule has 0 saturated heterocycles. The molecule has 0 amide bonds. The minimum absolute atomic E-state index is 0.128. The highest BCUT2D eigenvalue weighted by molar-refractivity contribution is 7.71. The summed E-state index contributed by atoms with van der Waals surface area (Å²) in [6.07, 6.45) is 2.65. The van der Waals surface area contributed by atoms with Gasteiger partial charge in [0, 0.05) is 5.54 Å². The number of hydrogen-bond acceptors (Lipinski definition) is 1. The van der Waals surface area contributed by atoms with Crippen LogP contribution in [-0.2, 0) is 5.54 Å². The van der Waals surface area contributed by atoms with Crippen LogP contribution in [0.4, 0.5) is 0 Å². The Morgan fingerprint density at radius 2 is 2.06 bits per heavy atom. The molecule has 0 bridgehead atoms. The maximum absolute atomic E-state index is 5.52. The molecule has 1 aromatic heterocycles. The Bertz CT molecular complexity index is 629.